The van der Waals surface area contributed by atoms with Gasteiger partial charge >= 0.3 is 6.18 Å². The van der Waals surface area contributed by atoms with Gasteiger partial charge in [0.05, 0.1) is 16.0 Å². The summed E-state index contributed by atoms with van der Waals surface area (Å²) in [5, 5.41) is 0.137. The van der Waals surface area contributed by atoms with Gasteiger partial charge in [0.15, 0.2) is 9.84 Å². The van der Waals surface area contributed by atoms with Gasteiger partial charge in [-0.3, -0.25) is 4.98 Å². The van der Waals surface area contributed by atoms with Crippen molar-refractivity contribution in [3.05, 3.63) is 84.3 Å². The average molecular weight is 461 g/mol. The molecule has 0 aliphatic rings. The molecular formula is C23H15F4NO3S. The molecule has 0 fully saturated rings. The Hall–Kier alpha value is -3.46. The number of pyridine rings is 1. The van der Waals surface area contributed by atoms with Gasteiger partial charge in [0.25, 0.3) is 0 Å². The van der Waals surface area contributed by atoms with E-state index in [4.69, 9.17) is 4.74 Å². The molecule has 3 aromatic carbocycles. The number of ether oxygens (including phenoxy) is 1. The van der Waals surface area contributed by atoms with Gasteiger partial charge in [-0.1, -0.05) is 18.2 Å². The summed E-state index contributed by atoms with van der Waals surface area (Å²) in [7, 11) is -3.45. The van der Waals surface area contributed by atoms with Crippen LogP contribution in [0.15, 0.2) is 77.8 Å². The van der Waals surface area contributed by atoms with E-state index >= 15 is 0 Å². The summed E-state index contributed by atoms with van der Waals surface area (Å²) >= 11 is 0. The minimum atomic E-state index is -4.61. The average Bonchev–Trinajstić information content (AvgIpc) is 2.73. The van der Waals surface area contributed by atoms with Crippen LogP contribution in [-0.2, 0) is 16.0 Å². The molecule has 0 saturated carbocycles. The first-order chi connectivity index (χ1) is 15.0. The van der Waals surface area contributed by atoms with Crippen LogP contribution in [0.5, 0.6) is 11.5 Å². The predicted octanol–water partition coefficient (Wildman–Crippen LogP) is 6.26. The lowest BCUT2D eigenvalue weighted by atomic mass is 9.98. The van der Waals surface area contributed by atoms with Crippen molar-refractivity contribution in [3.63, 3.8) is 0 Å². The Balaban J connectivity index is 1.80. The normalized spacial score (nSPS) is 12.2. The van der Waals surface area contributed by atoms with Gasteiger partial charge in [0, 0.05) is 23.4 Å². The topological polar surface area (TPSA) is 56.3 Å². The standard InChI is InChI=1S/C23H15F4NO3S/c1-32(29,30)16-5-2-4-14(12-16)31-15-8-9-21(24)19(13-15)17-10-11-28-22-18(17)6-3-7-20(22)23(25,26)27/h2-13H,1H3. The summed E-state index contributed by atoms with van der Waals surface area (Å²) in [6, 6.07) is 14.6. The Morgan fingerprint density at radius 2 is 1.59 bits per heavy atom. The molecule has 1 heterocycles. The number of benzene rings is 3. The number of sulfone groups is 1. The van der Waals surface area contributed by atoms with Crippen molar-refractivity contribution in [3.8, 4) is 22.6 Å². The van der Waals surface area contributed by atoms with Crippen molar-refractivity contribution >= 4 is 20.7 Å². The van der Waals surface area contributed by atoms with E-state index in [-0.39, 0.29) is 38.4 Å². The minimum absolute atomic E-state index is 0.0218. The van der Waals surface area contributed by atoms with Crippen molar-refractivity contribution in [1.29, 1.82) is 0 Å². The lowest BCUT2D eigenvalue weighted by Crippen LogP contribution is -2.06. The molecule has 9 heteroatoms. The van der Waals surface area contributed by atoms with Gasteiger partial charge in [-0.15, -0.1) is 0 Å². The van der Waals surface area contributed by atoms with Gasteiger partial charge in [0.2, 0.25) is 0 Å². The number of hydrogen-bond acceptors (Lipinski definition) is 4. The highest BCUT2D eigenvalue weighted by atomic mass is 32.2. The maximum absolute atomic E-state index is 14.7. The second-order valence-corrected chi connectivity index (χ2v) is 9.06. The molecule has 0 unspecified atom stereocenters. The summed E-state index contributed by atoms with van der Waals surface area (Å²) in [5.74, 6) is -0.263. The molecule has 0 spiro atoms. The van der Waals surface area contributed by atoms with E-state index in [1.54, 1.807) is 0 Å². The first kappa shape index (κ1) is 21.8. The van der Waals surface area contributed by atoms with Crippen molar-refractivity contribution in [2.75, 3.05) is 6.26 Å². The van der Waals surface area contributed by atoms with E-state index < -0.39 is 27.4 Å². The molecule has 0 N–H and O–H groups in total. The molecule has 0 aliphatic carbocycles. The van der Waals surface area contributed by atoms with E-state index in [2.05, 4.69) is 4.98 Å². The molecule has 4 nitrogen and oxygen atoms in total. The van der Waals surface area contributed by atoms with Crippen LogP contribution in [-0.4, -0.2) is 19.7 Å². The monoisotopic (exact) mass is 461 g/mol. The molecule has 1 aromatic heterocycles. The number of aromatic nitrogens is 1. The van der Waals surface area contributed by atoms with Crippen LogP contribution in [0.1, 0.15) is 5.56 Å². The number of alkyl halides is 3. The molecule has 0 amide bonds. The lowest BCUT2D eigenvalue weighted by molar-refractivity contribution is -0.136. The number of fused-ring (bicyclic) bond motifs is 1. The highest BCUT2D eigenvalue weighted by Crippen LogP contribution is 2.38. The largest absolute Gasteiger partial charge is 0.457 e. The van der Waals surface area contributed by atoms with Gasteiger partial charge in [0.1, 0.15) is 17.3 Å². The highest BCUT2D eigenvalue weighted by molar-refractivity contribution is 7.90. The zero-order valence-corrected chi connectivity index (χ0v) is 17.3. The summed E-state index contributed by atoms with van der Waals surface area (Å²) in [5.41, 5.74) is -0.964. The first-order valence-corrected chi connectivity index (χ1v) is 11.2. The molecule has 4 rings (SSSR count). The Bertz CT molecular complexity index is 1430. The Kier molecular flexibility index (Phi) is 5.37. The minimum Gasteiger partial charge on any atom is -0.457 e. The lowest BCUT2D eigenvalue weighted by Gasteiger charge is -2.14. The number of nitrogens with zero attached hydrogens (tertiary/aromatic N) is 1. The van der Waals surface area contributed by atoms with Gasteiger partial charge in [-0.2, -0.15) is 13.2 Å². The molecule has 32 heavy (non-hydrogen) atoms. The quantitative estimate of drug-likeness (QED) is 0.337. The number of halogens is 4. The number of para-hydroxylation sites is 1. The third kappa shape index (κ3) is 4.29. The molecule has 0 saturated heterocycles. The Labute approximate surface area is 181 Å². The zero-order chi connectivity index (χ0) is 23.1. The SMILES string of the molecule is CS(=O)(=O)c1cccc(Oc2ccc(F)c(-c3ccnc4c(C(F)(F)F)cccc34)c2)c1. The number of hydrogen-bond donors (Lipinski definition) is 0. The summed E-state index contributed by atoms with van der Waals surface area (Å²) in [6.45, 7) is 0. The number of rotatable bonds is 4. The predicted molar refractivity (Wildman–Crippen MR) is 112 cm³/mol. The van der Waals surface area contributed by atoms with Crippen LogP contribution in [0.3, 0.4) is 0 Å². The van der Waals surface area contributed by atoms with Crippen LogP contribution < -0.4 is 4.74 Å². The van der Waals surface area contributed by atoms with Gasteiger partial charge < -0.3 is 4.74 Å². The van der Waals surface area contributed by atoms with E-state index in [1.165, 1.54) is 60.8 Å². The molecule has 0 radical (unpaired) electrons. The molecule has 4 aromatic rings. The second-order valence-electron chi connectivity index (χ2n) is 7.05. The maximum Gasteiger partial charge on any atom is 0.418 e. The van der Waals surface area contributed by atoms with E-state index in [0.29, 0.717) is 0 Å². The van der Waals surface area contributed by atoms with Crippen molar-refractivity contribution in [2.45, 2.75) is 11.1 Å². The summed E-state index contributed by atoms with van der Waals surface area (Å²) < 4.78 is 84.0. The fourth-order valence-corrected chi connectivity index (χ4v) is 3.97. The Morgan fingerprint density at radius 3 is 2.31 bits per heavy atom. The molecule has 0 aliphatic heterocycles. The maximum atomic E-state index is 14.7. The molecule has 0 bridgehead atoms. The fourth-order valence-electron chi connectivity index (χ4n) is 3.32. The molecular weight excluding hydrogens is 446 g/mol. The summed E-state index contributed by atoms with van der Waals surface area (Å²) in [4.78, 5) is 3.91. The van der Waals surface area contributed by atoms with E-state index in [1.807, 2.05) is 0 Å². The van der Waals surface area contributed by atoms with Crippen LogP contribution in [0, 0.1) is 5.82 Å². The van der Waals surface area contributed by atoms with Gasteiger partial charge in [-0.05, 0) is 54.1 Å². The third-order valence-electron chi connectivity index (χ3n) is 4.77. The van der Waals surface area contributed by atoms with Gasteiger partial charge in [-0.25, -0.2) is 12.8 Å². The smallest absolute Gasteiger partial charge is 0.418 e. The highest BCUT2D eigenvalue weighted by Gasteiger charge is 2.33. The van der Waals surface area contributed by atoms with Crippen molar-refractivity contribution in [2.24, 2.45) is 0 Å². The van der Waals surface area contributed by atoms with Crippen LogP contribution in [0.4, 0.5) is 17.6 Å². The summed E-state index contributed by atoms with van der Waals surface area (Å²) in [6.07, 6.45) is -2.36. The first-order valence-electron chi connectivity index (χ1n) is 9.27. The van der Waals surface area contributed by atoms with Crippen LogP contribution in [0.2, 0.25) is 0 Å². The fraction of sp³-hybridized carbons (Fsp3) is 0.0870. The third-order valence-corrected chi connectivity index (χ3v) is 5.88. The second kappa shape index (κ2) is 7.90. The zero-order valence-electron chi connectivity index (χ0n) is 16.5. The molecule has 0 atom stereocenters. The Morgan fingerprint density at radius 1 is 0.875 bits per heavy atom. The van der Waals surface area contributed by atoms with E-state index in [9.17, 15) is 26.0 Å². The van der Waals surface area contributed by atoms with E-state index in [0.717, 1.165) is 18.4 Å². The van der Waals surface area contributed by atoms with Crippen molar-refractivity contribution < 1.29 is 30.7 Å². The van der Waals surface area contributed by atoms with Crippen molar-refractivity contribution in [1.82, 2.24) is 4.98 Å². The van der Waals surface area contributed by atoms with Crippen LogP contribution in [0.25, 0.3) is 22.0 Å². The molecule has 164 valence electrons. The van der Waals surface area contributed by atoms with Crippen LogP contribution >= 0.6 is 0 Å².